The highest BCUT2D eigenvalue weighted by Crippen LogP contribution is 2.66. The van der Waals surface area contributed by atoms with Crippen LogP contribution in [0.1, 0.15) is 178 Å². The number of piperidine rings is 3. The van der Waals surface area contributed by atoms with Gasteiger partial charge in [0, 0.05) is 79.5 Å². The number of amides is 6. The lowest BCUT2D eigenvalue weighted by molar-refractivity contribution is -0.146. The number of nitrogens with two attached hydrogens (primary N) is 1. The van der Waals surface area contributed by atoms with Gasteiger partial charge in [-0.2, -0.15) is 0 Å². The molecule has 10 N–H and O–H groups in total. The molecule has 10 fully saturated rings. The van der Waals surface area contributed by atoms with Crippen LogP contribution in [0.2, 0.25) is 0 Å². The van der Waals surface area contributed by atoms with Crippen molar-refractivity contribution in [3.05, 3.63) is 30.0 Å². The summed E-state index contributed by atoms with van der Waals surface area (Å²) in [4.78, 5) is 171. The molecule has 34 heteroatoms. The number of carbonyl (C=O) groups is 14. The number of benzene rings is 1. The maximum atomic E-state index is 13.3. The summed E-state index contributed by atoms with van der Waals surface area (Å²) in [5.41, 5.74) is 5.35. The van der Waals surface area contributed by atoms with Gasteiger partial charge in [-0.1, -0.05) is 54.5 Å². The van der Waals surface area contributed by atoms with Gasteiger partial charge in [0.25, 0.3) is 0 Å². The lowest BCUT2D eigenvalue weighted by Gasteiger charge is -2.32. The molecular weight excluding hydrogens is 1510 g/mol. The first kappa shape index (κ1) is 95.2. The van der Waals surface area contributed by atoms with E-state index >= 15 is 0 Å². The fourth-order valence-corrected chi connectivity index (χ4v) is 17.2. The number of nitrogens with one attached hydrogen (secondary N) is 6. The van der Waals surface area contributed by atoms with Crippen molar-refractivity contribution in [3.8, 4) is 5.75 Å². The Bertz CT molecular complexity index is 3750. The zero-order chi connectivity index (χ0) is 82.9. The number of hydrogen-bond donors (Lipinski definition) is 9. The molecule has 6 heterocycles. The van der Waals surface area contributed by atoms with Gasteiger partial charge in [0.1, 0.15) is 64.4 Å². The smallest absolute Gasteiger partial charge is 0.411 e. The Balaban J connectivity index is 0.000000249. The predicted octanol–water partition coefficient (Wildman–Crippen LogP) is 6.96. The van der Waals surface area contributed by atoms with Gasteiger partial charge in [0.05, 0.1) is 47.5 Å². The molecular formula is C79H121Cl2N9O23. The second-order valence-corrected chi connectivity index (χ2v) is 34.5. The molecule has 17 atom stereocenters. The first-order valence-electron chi connectivity index (χ1n) is 38.4. The molecule has 0 bridgehead atoms. The second-order valence-electron chi connectivity index (χ2n) is 34.5. The number of carboxylic acid groups (broad SMARTS) is 2. The largest absolute Gasteiger partial charge is 0.496 e. The van der Waals surface area contributed by atoms with Crippen LogP contribution < -0.4 is 37.1 Å². The van der Waals surface area contributed by atoms with E-state index in [1.165, 1.54) is 38.2 Å². The third-order valence-corrected chi connectivity index (χ3v) is 23.7. The lowest BCUT2D eigenvalue weighted by Crippen LogP contribution is -2.54. The molecule has 5 saturated heterocycles. The minimum atomic E-state index is -0.969. The molecule has 5 aliphatic heterocycles. The summed E-state index contributed by atoms with van der Waals surface area (Å²) in [6.07, 6.45) is 6.37. The highest BCUT2D eigenvalue weighted by atomic mass is 35.5. The molecule has 113 heavy (non-hydrogen) atoms. The number of ketones is 2. The van der Waals surface area contributed by atoms with E-state index in [1.807, 2.05) is 12.1 Å². The number of H-pyrrole nitrogens is 1. The predicted molar refractivity (Wildman–Crippen MR) is 416 cm³/mol. The van der Waals surface area contributed by atoms with Gasteiger partial charge >= 0.3 is 48.0 Å². The molecule has 2 aromatic rings. The monoisotopic (exact) mass is 1630 g/mol. The lowest BCUT2D eigenvalue weighted by atomic mass is 9.95. The number of rotatable bonds is 19. The summed E-state index contributed by atoms with van der Waals surface area (Å²) in [6.45, 7) is 28.3. The van der Waals surface area contributed by atoms with E-state index in [1.54, 1.807) is 67.7 Å². The molecule has 10 aliphatic rings. The highest BCUT2D eigenvalue weighted by Gasteiger charge is 2.71. The van der Waals surface area contributed by atoms with Crippen LogP contribution in [0, 0.1) is 81.3 Å². The van der Waals surface area contributed by atoms with Crippen molar-refractivity contribution in [2.75, 3.05) is 68.3 Å². The van der Waals surface area contributed by atoms with Gasteiger partial charge in [-0.15, -0.1) is 24.8 Å². The van der Waals surface area contributed by atoms with Crippen LogP contribution in [-0.4, -0.2) is 224 Å². The van der Waals surface area contributed by atoms with E-state index in [0.717, 1.165) is 56.1 Å². The van der Waals surface area contributed by atoms with Crippen molar-refractivity contribution in [1.29, 1.82) is 0 Å². The molecule has 12 rings (SSSR count). The fraction of sp³-hybridized carbons (Fsp3) is 0.722. The number of aliphatic carboxylic acids is 1. The molecule has 0 spiro atoms. The van der Waals surface area contributed by atoms with Gasteiger partial charge in [-0.25, -0.2) is 28.8 Å². The number of hydrogen-bond acceptors (Lipinski definition) is 23. The van der Waals surface area contributed by atoms with Crippen molar-refractivity contribution in [3.63, 3.8) is 0 Å². The number of carboxylic acids is 2. The summed E-state index contributed by atoms with van der Waals surface area (Å²) in [5.74, 6) is -2.41. The zero-order valence-electron chi connectivity index (χ0n) is 68.4. The van der Waals surface area contributed by atoms with Crippen LogP contribution in [0.25, 0.3) is 10.9 Å². The van der Waals surface area contributed by atoms with Crippen LogP contribution in [0.5, 0.6) is 5.75 Å². The zero-order valence-corrected chi connectivity index (χ0v) is 70.0. The van der Waals surface area contributed by atoms with Gasteiger partial charge < -0.3 is 80.7 Å². The van der Waals surface area contributed by atoms with E-state index in [4.69, 9.17) is 34.5 Å². The Kier molecular flexibility index (Phi) is 33.1. The number of fused-ring (bicyclic) bond motifs is 4. The van der Waals surface area contributed by atoms with Crippen LogP contribution in [0.3, 0.4) is 0 Å². The number of ether oxygens (including phenoxy) is 7. The van der Waals surface area contributed by atoms with Gasteiger partial charge in [-0.3, -0.25) is 48.2 Å². The van der Waals surface area contributed by atoms with Gasteiger partial charge in [0.2, 0.25) is 23.6 Å². The van der Waals surface area contributed by atoms with E-state index in [-0.39, 0.29) is 154 Å². The number of Topliss-reactive ketones (excluding diaryl/α,β-unsaturated/α-hetero) is 2. The molecule has 5 saturated carbocycles. The Hall–Kier alpha value is -8.36. The van der Waals surface area contributed by atoms with E-state index in [2.05, 4.69) is 82.6 Å². The van der Waals surface area contributed by atoms with Crippen LogP contribution >= 0.6 is 24.8 Å². The molecule has 634 valence electrons. The molecule has 1 aromatic heterocycles. The maximum Gasteiger partial charge on any atom is 0.411 e. The first-order valence-corrected chi connectivity index (χ1v) is 38.4. The minimum Gasteiger partial charge on any atom is -0.496 e. The highest BCUT2D eigenvalue weighted by molar-refractivity contribution is 5.97. The van der Waals surface area contributed by atoms with Crippen molar-refractivity contribution in [1.82, 2.24) is 41.4 Å². The Morgan fingerprint density at radius 2 is 1.02 bits per heavy atom. The van der Waals surface area contributed by atoms with Crippen LogP contribution in [0.15, 0.2) is 24.3 Å². The second kappa shape index (κ2) is 39.3. The number of halogens is 2. The molecule has 6 amide bonds. The van der Waals surface area contributed by atoms with Crippen molar-refractivity contribution < 1.29 is 110 Å². The summed E-state index contributed by atoms with van der Waals surface area (Å²) in [6, 6.07) is 2.97. The van der Waals surface area contributed by atoms with Gasteiger partial charge in [-0.05, 0) is 176 Å². The molecule has 1 aromatic carbocycles. The topological polar surface area (TPSA) is 452 Å². The summed E-state index contributed by atoms with van der Waals surface area (Å²) in [7, 11) is 6.79. The normalized spacial score (nSPS) is 27.3. The third kappa shape index (κ3) is 23.7. The first-order chi connectivity index (χ1) is 51.8. The summed E-state index contributed by atoms with van der Waals surface area (Å²) >= 11 is 0. The number of aromatic amines is 1. The number of nitrogens with zero attached hydrogens (tertiary/aromatic N) is 2. The van der Waals surface area contributed by atoms with Crippen molar-refractivity contribution in [2.45, 2.75) is 215 Å². The molecule has 5 aliphatic carbocycles. The fourth-order valence-electron chi connectivity index (χ4n) is 17.2. The standard InChI is InChI=1S/C22H34N2O6.C17H26N2O4.C13H21NO4.C10H9NO3.C9H15NO3.C8H14N2O3.2ClH/c1-21(2,3)30-20(28)24-11-13-16(22(13,4)5)17(24)18(26)23-14(19(27)29-6)10-12-8-7-9-15(12)25;1-17(2)10-8-18-14(13(10)17)15(21)19-11(16(22)23-3)7-9-5-4-6-12(9)20;1-12(2,3)18-11(17)14-6-7-8(13(7,4)5)9(14)10(15)16;1-14-9-4-2-3-7-6(9)5-8(11-7)10(12)13;1-6(9(12)13-2)5-7-3-4-10-8(7)11;1-13-8(12)6(9)4-5-2-3-10-7(5)11;;/h12-14,16-17H,7-11H2,1-6H3,(H,23,26);9-11,13-14,18H,4-8H2,1-3H3,(H,19,21);7-9H,6H2,1-5H3,(H,15,16);2-5,11H,1H3,(H,12,13);6-7H,3-5H2,1-2H3,(H,10,11);5-6H,2-4,9H2,1H3,(H,10,11);2*1H/t12-,13-,14-,16-,17-;9-,10-,11-,13-,14-;7-,8-,9-;;6-,7-;5-,6-;;/m000.00../s1. The number of esters is 4. The van der Waals surface area contributed by atoms with Gasteiger partial charge in [0.15, 0.2) is 0 Å². The van der Waals surface area contributed by atoms with E-state index in [0.29, 0.717) is 75.7 Å². The summed E-state index contributed by atoms with van der Waals surface area (Å²) in [5, 5.41) is 33.2. The minimum absolute atomic E-state index is 0. The molecule has 0 unspecified atom stereocenters. The van der Waals surface area contributed by atoms with Crippen molar-refractivity contribution in [2.24, 2.45) is 87.1 Å². The number of likely N-dealkylation sites (tertiary alicyclic amines) is 2. The molecule has 0 radical (unpaired) electrons. The van der Waals surface area contributed by atoms with Crippen LogP contribution in [0.4, 0.5) is 9.59 Å². The average molecular weight is 1640 g/mol. The van der Waals surface area contributed by atoms with Crippen molar-refractivity contribution >= 4 is 119 Å². The third-order valence-electron chi connectivity index (χ3n) is 23.7. The Morgan fingerprint density at radius 3 is 1.41 bits per heavy atom. The van der Waals surface area contributed by atoms with Crippen LogP contribution in [-0.2, 0) is 81.2 Å². The van der Waals surface area contributed by atoms with E-state index < -0.39 is 83.4 Å². The number of aromatic nitrogens is 1. The van der Waals surface area contributed by atoms with E-state index in [9.17, 15) is 72.2 Å². The number of aromatic carboxylic acids is 1. The quantitative estimate of drug-likeness (QED) is 0.0507. The molecule has 32 nitrogen and oxygen atoms in total. The summed E-state index contributed by atoms with van der Waals surface area (Å²) < 4.78 is 34.6. The number of carbonyl (C=O) groups excluding carboxylic acids is 12. The maximum absolute atomic E-state index is 13.3. The average Bonchev–Trinajstić information content (AvgIpc) is 1.53. The Labute approximate surface area is 673 Å². The SMILES string of the molecule is CC(C)(C)OC(=O)N1C[C@H]2[C@@H]([C@H]1C(=O)O)C2(C)C.COC(=O)[C@@H](C)C[C@@H]1CCNC1=O.COC(=O)[C@@H](N)C[C@@H]1CCNC1=O.COC(=O)[C@H](C[C@@H]1CCCC1=O)NC(=O)[C@@H]1[C@@H]2[C@H](CN1C(=O)OC(C)(C)C)C2(C)C.COC(=O)[C@H](C[C@@H]1CCCC1=O)NC(=O)[C@H]1NC[C@H]2[C@@H]1C2(C)C.COc1cccc2[nH]c(C(=O)O)cc12.Cl.Cl. The number of methoxy groups -OCH3 is 5. The Morgan fingerprint density at radius 1 is 0.575 bits per heavy atom.